The van der Waals surface area contributed by atoms with Crippen LogP contribution in [0.2, 0.25) is 0 Å². The van der Waals surface area contributed by atoms with Crippen LogP contribution in [0.5, 0.6) is 0 Å². The van der Waals surface area contributed by atoms with Gasteiger partial charge in [-0.3, -0.25) is 5.32 Å². The molecule has 0 aliphatic rings. The summed E-state index contributed by atoms with van der Waals surface area (Å²) >= 11 is 0. The fraction of sp³-hybridized carbons (Fsp3) is 0.667. The second-order valence-corrected chi connectivity index (χ2v) is 4.33. The number of nitrogens with one attached hydrogen (secondary N) is 2. The third-order valence-corrected chi connectivity index (χ3v) is 2.45. The van der Waals surface area contributed by atoms with Gasteiger partial charge in [0.05, 0.1) is 6.61 Å². The fourth-order valence-corrected chi connectivity index (χ4v) is 1.15. The quantitative estimate of drug-likeness (QED) is 0.205. The summed E-state index contributed by atoms with van der Waals surface area (Å²) in [7, 11) is 0. The Morgan fingerprint density at radius 2 is 1.85 bits per heavy atom. The minimum atomic E-state index is -1.29. The molecule has 8 heteroatoms. The lowest BCUT2D eigenvalue weighted by Gasteiger charge is -2.24. The van der Waals surface area contributed by atoms with Crippen LogP contribution in [0.15, 0.2) is 12.2 Å². The molecule has 3 unspecified atom stereocenters. The second-order valence-electron chi connectivity index (χ2n) is 4.33. The number of amides is 1. The number of rotatable bonds is 9. The Labute approximate surface area is 117 Å². The SMILES string of the molecule is C=C(C)C(=O)OCCOC(O)NC(C)C(C)NC(=O)O. The summed E-state index contributed by atoms with van der Waals surface area (Å²) in [5.74, 6) is -0.524. The van der Waals surface area contributed by atoms with Crippen molar-refractivity contribution in [1.82, 2.24) is 10.6 Å². The molecule has 0 aliphatic carbocycles. The maximum Gasteiger partial charge on any atom is 0.404 e. The number of esters is 1. The van der Waals surface area contributed by atoms with Gasteiger partial charge in [-0.05, 0) is 20.8 Å². The highest BCUT2D eigenvalue weighted by atomic mass is 16.6. The van der Waals surface area contributed by atoms with Crippen LogP contribution in [0.4, 0.5) is 4.79 Å². The van der Waals surface area contributed by atoms with Crippen LogP contribution in [-0.2, 0) is 14.3 Å². The van der Waals surface area contributed by atoms with Gasteiger partial charge >= 0.3 is 12.1 Å². The van der Waals surface area contributed by atoms with Crippen molar-refractivity contribution in [2.24, 2.45) is 0 Å². The number of carbonyl (C=O) groups is 2. The number of hydrogen-bond acceptors (Lipinski definition) is 6. The van der Waals surface area contributed by atoms with Crippen molar-refractivity contribution >= 4 is 12.1 Å². The van der Waals surface area contributed by atoms with E-state index in [2.05, 4.69) is 17.2 Å². The molecule has 8 nitrogen and oxygen atoms in total. The normalized spacial score (nSPS) is 15.0. The molecular weight excluding hydrogens is 268 g/mol. The van der Waals surface area contributed by atoms with Gasteiger partial charge in [-0.25, -0.2) is 9.59 Å². The van der Waals surface area contributed by atoms with Gasteiger partial charge < -0.3 is 25.0 Å². The molecule has 0 aromatic carbocycles. The van der Waals surface area contributed by atoms with E-state index in [9.17, 15) is 14.7 Å². The minimum Gasteiger partial charge on any atom is -0.465 e. The van der Waals surface area contributed by atoms with Gasteiger partial charge in [0.1, 0.15) is 6.61 Å². The van der Waals surface area contributed by atoms with Gasteiger partial charge in [0.2, 0.25) is 6.41 Å². The zero-order valence-electron chi connectivity index (χ0n) is 11.9. The predicted octanol–water partition coefficient (Wildman–Crippen LogP) is 0.0324. The molecule has 3 atom stereocenters. The number of hydrogen-bond donors (Lipinski definition) is 4. The molecule has 4 N–H and O–H groups in total. The standard InChI is InChI=1S/C12H22N2O6/c1-7(2)10(15)19-5-6-20-12(18)14-9(4)8(3)13-11(16)17/h8-9,12-14,18H,1,5-6H2,2-4H3,(H,16,17). The Morgan fingerprint density at radius 3 is 2.35 bits per heavy atom. The first-order valence-electron chi connectivity index (χ1n) is 6.11. The van der Waals surface area contributed by atoms with E-state index in [1.165, 1.54) is 6.92 Å². The molecule has 0 saturated carbocycles. The third-order valence-electron chi connectivity index (χ3n) is 2.45. The first kappa shape index (κ1) is 18.4. The highest BCUT2D eigenvalue weighted by Gasteiger charge is 2.17. The van der Waals surface area contributed by atoms with Gasteiger partial charge in [0.15, 0.2) is 0 Å². The van der Waals surface area contributed by atoms with E-state index in [0.717, 1.165) is 0 Å². The molecule has 0 aliphatic heterocycles. The van der Waals surface area contributed by atoms with Gasteiger partial charge in [0, 0.05) is 17.7 Å². The van der Waals surface area contributed by atoms with Crippen LogP contribution >= 0.6 is 0 Å². The first-order valence-corrected chi connectivity index (χ1v) is 6.11. The zero-order chi connectivity index (χ0) is 15.7. The molecule has 0 heterocycles. The highest BCUT2D eigenvalue weighted by Crippen LogP contribution is 1.96. The van der Waals surface area contributed by atoms with Crippen molar-refractivity contribution < 1.29 is 29.3 Å². The number of aliphatic hydroxyl groups is 1. The van der Waals surface area contributed by atoms with Crippen molar-refractivity contribution in [3.8, 4) is 0 Å². The number of carboxylic acid groups (broad SMARTS) is 1. The van der Waals surface area contributed by atoms with E-state index in [-0.39, 0.29) is 24.8 Å². The molecule has 0 saturated heterocycles. The van der Waals surface area contributed by atoms with Crippen molar-refractivity contribution in [2.45, 2.75) is 39.3 Å². The summed E-state index contributed by atoms with van der Waals surface area (Å²) in [6.07, 6.45) is -2.43. The second kappa shape index (κ2) is 9.29. The lowest BCUT2D eigenvalue weighted by Crippen LogP contribution is -2.50. The molecule has 0 bridgehead atoms. The molecule has 20 heavy (non-hydrogen) atoms. The minimum absolute atomic E-state index is 0.000642. The lowest BCUT2D eigenvalue weighted by atomic mass is 10.2. The Kier molecular flexibility index (Phi) is 8.53. The Morgan fingerprint density at radius 1 is 1.25 bits per heavy atom. The van der Waals surface area contributed by atoms with Crippen LogP contribution in [-0.4, -0.2) is 54.0 Å². The number of aliphatic hydroxyl groups excluding tert-OH is 1. The van der Waals surface area contributed by atoms with E-state index in [4.69, 9.17) is 14.6 Å². The monoisotopic (exact) mass is 290 g/mol. The average molecular weight is 290 g/mol. The predicted molar refractivity (Wildman–Crippen MR) is 71.0 cm³/mol. The Hall–Kier alpha value is -1.64. The van der Waals surface area contributed by atoms with Crippen LogP contribution < -0.4 is 10.6 Å². The zero-order valence-corrected chi connectivity index (χ0v) is 11.9. The van der Waals surface area contributed by atoms with Gasteiger partial charge in [-0.15, -0.1) is 0 Å². The van der Waals surface area contributed by atoms with Crippen molar-refractivity contribution in [3.63, 3.8) is 0 Å². The first-order chi connectivity index (χ1) is 9.23. The Balaban J connectivity index is 3.82. The fourth-order valence-electron chi connectivity index (χ4n) is 1.15. The molecular formula is C12H22N2O6. The smallest absolute Gasteiger partial charge is 0.404 e. The summed E-state index contributed by atoms with van der Waals surface area (Å²) in [4.78, 5) is 21.5. The van der Waals surface area contributed by atoms with E-state index in [0.29, 0.717) is 0 Å². The lowest BCUT2D eigenvalue weighted by molar-refractivity contribution is -0.153. The summed E-state index contributed by atoms with van der Waals surface area (Å²) in [5, 5.41) is 23.0. The topological polar surface area (TPSA) is 117 Å². The molecule has 1 amide bonds. The summed E-state index contributed by atoms with van der Waals surface area (Å²) < 4.78 is 9.73. The average Bonchev–Trinajstić information content (AvgIpc) is 2.33. The summed E-state index contributed by atoms with van der Waals surface area (Å²) in [5.41, 5.74) is 0.283. The molecule has 0 spiro atoms. The van der Waals surface area contributed by atoms with E-state index in [1.807, 2.05) is 0 Å². The molecule has 0 aromatic rings. The van der Waals surface area contributed by atoms with Crippen molar-refractivity contribution in [3.05, 3.63) is 12.2 Å². The Bertz CT molecular complexity index is 347. The van der Waals surface area contributed by atoms with Crippen LogP contribution in [0.25, 0.3) is 0 Å². The molecule has 0 radical (unpaired) electrons. The highest BCUT2D eigenvalue weighted by molar-refractivity contribution is 5.86. The molecule has 0 rings (SSSR count). The largest absolute Gasteiger partial charge is 0.465 e. The van der Waals surface area contributed by atoms with Crippen LogP contribution in [0.1, 0.15) is 20.8 Å². The molecule has 0 fully saturated rings. The van der Waals surface area contributed by atoms with E-state index in [1.54, 1.807) is 13.8 Å². The number of ether oxygens (including phenoxy) is 2. The number of carbonyl (C=O) groups excluding carboxylic acids is 1. The maximum atomic E-state index is 11.0. The van der Waals surface area contributed by atoms with Crippen LogP contribution in [0, 0.1) is 0 Å². The summed E-state index contributed by atoms with van der Waals surface area (Å²) in [6, 6.07) is -0.758. The molecule has 116 valence electrons. The van der Waals surface area contributed by atoms with E-state index >= 15 is 0 Å². The molecule has 0 aromatic heterocycles. The van der Waals surface area contributed by atoms with Crippen molar-refractivity contribution in [2.75, 3.05) is 13.2 Å². The summed E-state index contributed by atoms with van der Waals surface area (Å²) in [6.45, 7) is 8.27. The third kappa shape index (κ3) is 8.46. The van der Waals surface area contributed by atoms with Crippen molar-refractivity contribution in [1.29, 1.82) is 0 Å². The maximum absolute atomic E-state index is 11.0. The van der Waals surface area contributed by atoms with Crippen LogP contribution in [0.3, 0.4) is 0 Å². The van der Waals surface area contributed by atoms with Gasteiger partial charge in [-0.2, -0.15) is 0 Å². The van der Waals surface area contributed by atoms with Gasteiger partial charge in [-0.1, -0.05) is 6.58 Å². The van der Waals surface area contributed by atoms with E-state index < -0.39 is 24.5 Å². The van der Waals surface area contributed by atoms with Gasteiger partial charge in [0.25, 0.3) is 0 Å².